The van der Waals surface area contributed by atoms with E-state index < -0.39 is 5.97 Å². The fourth-order valence-corrected chi connectivity index (χ4v) is 0.509. The molecule has 0 aromatic heterocycles. The number of aliphatic carboxylic acids is 1. The number of carbonyl (C=O) groups is 1. The molecule has 0 aromatic rings. The van der Waals surface area contributed by atoms with Crippen LogP contribution >= 0.6 is 0 Å². The second-order valence-corrected chi connectivity index (χ2v) is 3.66. The molecule has 5 heteroatoms. The summed E-state index contributed by atoms with van der Waals surface area (Å²) < 4.78 is 0. The molecule has 0 unspecified atom stereocenters. The van der Waals surface area contributed by atoms with Crippen LogP contribution in [-0.2, 0) is 4.79 Å². The molecule has 0 atom stereocenters. The highest BCUT2D eigenvalue weighted by Crippen LogP contribution is 2.12. The molecule has 78 valence electrons. The average molecular weight is 190 g/mol. The molecule has 0 aromatic carbocycles. The number of amidine groups is 1. The lowest BCUT2D eigenvalue weighted by Crippen LogP contribution is -2.29. The molecule has 0 fully saturated rings. The molecule has 13 heavy (non-hydrogen) atoms. The van der Waals surface area contributed by atoms with Crippen LogP contribution in [0, 0.1) is 5.41 Å². The maximum atomic E-state index is 10.1. The van der Waals surface area contributed by atoms with E-state index in [0.29, 0.717) is 5.84 Å². The first-order chi connectivity index (χ1) is 5.34. The molecule has 0 bridgehead atoms. The van der Waals surface area contributed by atoms with Gasteiger partial charge in [0.2, 0.25) is 0 Å². The Bertz CT molecular complexity index is 194. The number of nitrogens with zero attached hydrogens (tertiary/aromatic N) is 1. The predicted molar refractivity (Wildman–Crippen MR) is 51.8 cm³/mol. The monoisotopic (exact) mass is 190 g/mol. The molecule has 5 nitrogen and oxygen atoms in total. The normalized spacial score (nSPS) is 12.1. The van der Waals surface area contributed by atoms with Crippen LogP contribution in [0.3, 0.4) is 0 Å². The van der Waals surface area contributed by atoms with Gasteiger partial charge in [-0.05, 0) is 0 Å². The summed E-state index contributed by atoms with van der Waals surface area (Å²) in [4.78, 5) is 14.1. The molecule has 0 aliphatic carbocycles. The zero-order chi connectivity index (χ0) is 9.78. The van der Waals surface area contributed by atoms with Gasteiger partial charge in [0, 0.05) is 5.41 Å². The van der Waals surface area contributed by atoms with Crippen molar-refractivity contribution in [1.29, 1.82) is 0 Å². The summed E-state index contributed by atoms with van der Waals surface area (Å²) >= 11 is 0. The largest absolute Gasteiger partial charge is 0.481 e. The quantitative estimate of drug-likeness (QED) is 0.484. The number of rotatable bonds is 3. The van der Waals surface area contributed by atoms with Gasteiger partial charge in [-0.15, -0.1) is 0 Å². The van der Waals surface area contributed by atoms with Gasteiger partial charge in [0.05, 0.1) is 18.8 Å². The van der Waals surface area contributed by atoms with E-state index in [4.69, 9.17) is 10.8 Å². The van der Waals surface area contributed by atoms with Crippen molar-refractivity contribution in [3.63, 3.8) is 0 Å². The number of hydrogen-bond donors (Lipinski definition) is 2. The Morgan fingerprint density at radius 3 is 2.23 bits per heavy atom. The summed E-state index contributed by atoms with van der Waals surface area (Å²) in [7, 11) is 0. The van der Waals surface area contributed by atoms with E-state index in [0.717, 1.165) is 0 Å². The van der Waals surface area contributed by atoms with Crippen molar-refractivity contribution in [2.45, 2.75) is 27.2 Å². The molecule has 0 aliphatic rings. The van der Waals surface area contributed by atoms with Crippen LogP contribution in [-0.4, -0.2) is 28.9 Å². The van der Waals surface area contributed by atoms with Gasteiger partial charge in [-0.1, -0.05) is 20.8 Å². The van der Waals surface area contributed by atoms with Crippen LogP contribution in [0.5, 0.6) is 0 Å². The Balaban J connectivity index is 0. The number of carboxylic acid groups (broad SMARTS) is 1. The van der Waals surface area contributed by atoms with Crippen LogP contribution in [0.4, 0.5) is 0 Å². The van der Waals surface area contributed by atoms with Gasteiger partial charge in [0.1, 0.15) is 0 Å². The summed E-state index contributed by atoms with van der Waals surface area (Å²) in [5.41, 5.74) is 5.43. The summed E-state index contributed by atoms with van der Waals surface area (Å²) in [6.07, 6.45) is 0.0385. The average Bonchev–Trinajstić information content (AvgIpc) is 1.84. The first kappa shape index (κ1) is 14.4. The molecule has 0 aliphatic heterocycles. The van der Waals surface area contributed by atoms with Crippen LogP contribution in [0.25, 0.3) is 0 Å². The van der Waals surface area contributed by atoms with Crippen LogP contribution in [0.1, 0.15) is 27.2 Å². The lowest BCUT2D eigenvalue weighted by Gasteiger charge is -2.16. The summed E-state index contributed by atoms with van der Waals surface area (Å²) in [5.74, 6) is -0.343. The SMILES string of the molecule is CC(C)(C)C(N)=NCCC(=O)O.O. The van der Waals surface area contributed by atoms with Crippen LogP contribution in [0.2, 0.25) is 0 Å². The summed E-state index contributed by atoms with van der Waals surface area (Å²) in [6.45, 7) is 6.07. The van der Waals surface area contributed by atoms with Gasteiger partial charge in [-0.3, -0.25) is 9.79 Å². The molecule has 0 amide bonds. The van der Waals surface area contributed by atoms with Crippen molar-refractivity contribution >= 4 is 11.8 Å². The van der Waals surface area contributed by atoms with Crippen molar-refractivity contribution < 1.29 is 15.4 Å². The lowest BCUT2D eigenvalue weighted by atomic mass is 9.95. The summed E-state index contributed by atoms with van der Waals surface area (Å²) in [6, 6.07) is 0. The minimum absolute atomic E-state index is 0. The number of hydrogen-bond acceptors (Lipinski definition) is 2. The van der Waals surface area contributed by atoms with E-state index in [9.17, 15) is 4.79 Å². The van der Waals surface area contributed by atoms with Gasteiger partial charge < -0.3 is 16.3 Å². The lowest BCUT2D eigenvalue weighted by molar-refractivity contribution is -0.136. The zero-order valence-corrected chi connectivity index (χ0v) is 8.29. The zero-order valence-electron chi connectivity index (χ0n) is 8.29. The molecule has 5 N–H and O–H groups in total. The molecule has 0 spiro atoms. The van der Waals surface area contributed by atoms with E-state index in [-0.39, 0.29) is 23.9 Å². The Labute approximate surface area is 78.0 Å². The van der Waals surface area contributed by atoms with Gasteiger partial charge in [0.15, 0.2) is 0 Å². The third-order valence-corrected chi connectivity index (χ3v) is 1.38. The minimum atomic E-state index is -0.847. The first-order valence-electron chi connectivity index (χ1n) is 3.86. The molecule has 0 saturated carbocycles. The first-order valence-corrected chi connectivity index (χ1v) is 3.86. The Morgan fingerprint density at radius 2 is 1.92 bits per heavy atom. The number of aliphatic imine (C=N–C) groups is 1. The van der Waals surface area contributed by atoms with Gasteiger partial charge in [-0.2, -0.15) is 0 Å². The van der Waals surface area contributed by atoms with Crippen molar-refractivity contribution in [3.8, 4) is 0 Å². The second kappa shape index (κ2) is 5.53. The van der Waals surface area contributed by atoms with Crippen molar-refractivity contribution in [3.05, 3.63) is 0 Å². The predicted octanol–water partition coefficient (Wildman–Crippen LogP) is 0.0397. The van der Waals surface area contributed by atoms with Crippen LogP contribution < -0.4 is 5.73 Å². The smallest absolute Gasteiger partial charge is 0.305 e. The highest BCUT2D eigenvalue weighted by Gasteiger charge is 2.14. The fraction of sp³-hybridized carbons (Fsp3) is 0.750. The van der Waals surface area contributed by atoms with Crippen LogP contribution in [0.15, 0.2) is 4.99 Å². The van der Waals surface area contributed by atoms with Crippen molar-refractivity contribution in [1.82, 2.24) is 0 Å². The van der Waals surface area contributed by atoms with Crippen molar-refractivity contribution in [2.24, 2.45) is 16.1 Å². The molecule has 0 rings (SSSR count). The van der Waals surface area contributed by atoms with E-state index >= 15 is 0 Å². The maximum absolute atomic E-state index is 10.1. The third kappa shape index (κ3) is 7.27. The van der Waals surface area contributed by atoms with E-state index in [1.807, 2.05) is 20.8 Å². The molecular formula is C8H18N2O3. The molecule has 0 heterocycles. The molecule has 0 radical (unpaired) electrons. The standard InChI is InChI=1S/C8H16N2O2.H2O/c1-8(2,3)7(9)10-5-4-6(11)12;/h4-5H2,1-3H3,(H2,9,10)(H,11,12);1H2. The summed E-state index contributed by atoms with van der Waals surface area (Å²) in [5, 5.41) is 8.32. The van der Waals surface area contributed by atoms with E-state index in [2.05, 4.69) is 4.99 Å². The highest BCUT2D eigenvalue weighted by atomic mass is 16.4. The highest BCUT2D eigenvalue weighted by molar-refractivity contribution is 5.85. The van der Waals surface area contributed by atoms with E-state index in [1.165, 1.54) is 0 Å². The van der Waals surface area contributed by atoms with E-state index in [1.54, 1.807) is 0 Å². The Morgan fingerprint density at radius 1 is 1.46 bits per heavy atom. The number of nitrogens with two attached hydrogens (primary N) is 1. The third-order valence-electron chi connectivity index (χ3n) is 1.38. The Kier molecular flexibility index (Phi) is 6.14. The molecule has 0 saturated heterocycles. The fourth-order valence-electron chi connectivity index (χ4n) is 0.509. The maximum Gasteiger partial charge on any atom is 0.305 e. The van der Waals surface area contributed by atoms with Gasteiger partial charge in [0.25, 0.3) is 0 Å². The minimum Gasteiger partial charge on any atom is -0.481 e. The Hall–Kier alpha value is -1.10. The molecular weight excluding hydrogens is 172 g/mol. The van der Waals surface area contributed by atoms with Gasteiger partial charge in [-0.25, -0.2) is 0 Å². The van der Waals surface area contributed by atoms with Crippen molar-refractivity contribution in [2.75, 3.05) is 6.54 Å². The second-order valence-electron chi connectivity index (χ2n) is 3.66. The topological polar surface area (TPSA) is 107 Å². The van der Waals surface area contributed by atoms with Gasteiger partial charge >= 0.3 is 5.97 Å². The number of carboxylic acids is 1.